The number of thioether (sulfide) groups is 1. The zero-order chi connectivity index (χ0) is 24.3. The Morgan fingerprint density at radius 2 is 1.85 bits per heavy atom. The summed E-state index contributed by atoms with van der Waals surface area (Å²) in [5.74, 6) is -0.556. The van der Waals surface area contributed by atoms with Crippen molar-refractivity contribution in [3.8, 4) is 0 Å². The zero-order valence-corrected chi connectivity index (χ0v) is 21.7. The first-order valence-corrected chi connectivity index (χ1v) is 14.5. The molecule has 0 radical (unpaired) electrons. The lowest BCUT2D eigenvalue weighted by molar-refractivity contribution is -0.140. The average Bonchev–Trinajstić information content (AvgIpc) is 3.42. The molecule has 0 aromatic carbocycles. The molecule has 6 atom stereocenters. The third-order valence-corrected chi connectivity index (χ3v) is 10.7. The van der Waals surface area contributed by atoms with Crippen molar-refractivity contribution in [2.45, 2.75) is 107 Å². The zero-order valence-electron chi connectivity index (χ0n) is 20.9. The molecule has 4 rings (SSSR count). The Morgan fingerprint density at radius 3 is 2.56 bits per heavy atom. The van der Waals surface area contributed by atoms with Crippen LogP contribution >= 0.6 is 11.8 Å². The van der Waals surface area contributed by atoms with E-state index in [1.165, 1.54) is 6.42 Å². The second-order valence-corrected chi connectivity index (χ2v) is 12.4. The summed E-state index contributed by atoms with van der Waals surface area (Å²) in [6.07, 6.45) is 10.7. The van der Waals surface area contributed by atoms with Crippen LogP contribution in [0.4, 0.5) is 0 Å². The SMILES string of the molecule is CCCNC(=O)[C@@H]1[C@H]2C(=O)N(CCCCCCO)C(C(=O)NC3CCCCC3)C23S[C@@H]1CC3C. The largest absolute Gasteiger partial charge is 0.396 e. The van der Waals surface area contributed by atoms with Crippen LogP contribution in [-0.4, -0.2) is 69.5 Å². The van der Waals surface area contributed by atoms with Crippen molar-refractivity contribution in [3.63, 3.8) is 0 Å². The number of rotatable bonds is 11. The van der Waals surface area contributed by atoms with Crippen LogP contribution in [0, 0.1) is 17.8 Å². The third-order valence-electron chi connectivity index (χ3n) is 8.60. The standard InChI is InChI=1S/C26H43N3O4S/c1-3-13-27-23(31)20-19-16-17(2)26(34-19)21(20)25(33)29(14-9-4-5-10-15-30)22(26)24(32)28-18-11-7-6-8-12-18/h17-22,30H,3-16H2,1-2H3,(H,27,31)(H,28,32)/t17?,19-,20+,21+,22?,26?/m1/s1. The van der Waals surface area contributed by atoms with Gasteiger partial charge in [-0.1, -0.05) is 46.0 Å². The molecule has 1 spiro atoms. The van der Waals surface area contributed by atoms with Crippen LogP contribution in [0.5, 0.6) is 0 Å². The van der Waals surface area contributed by atoms with Gasteiger partial charge in [0.2, 0.25) is 17.7 Å². The normalized spacial score (nSPS) is 35.0. The summed E-state index contributed by atoms with van der Waals surface area (Å²) in [6, 6.07) is -0.306. The summed E-state index contributed by atoms with van der Waals surface area (Å²) in [4.78, 5) is 42.9. The van der Waals surface area contributed by atoms with Gasteiger partial charge in [0, 0.05) is 31.0 Å². The van der Waals surface area contributed by atoms with Gasteiger partial charge in [-0.3, -0.25) is 14.4 Å². The van der Waals surface area contributed by atoms with E-state index in [9.17, 15) is 14.4 Å². The van der Waals surface area contributed by atoms with E-state index in [0.29, 0.717) is 13.1 Å². The van der Waals surface area contributed by atoms with E-state index in [0.717, 1.165) is 64.2 Å². The van der Waals surface area contributed by atoms with Crippen molar-refractivity contribution in [3.05, 3.63) is 0 Å². The molecule has 4 aliphatic rings. The lowest BCUT2D eigenvalue weighted by Gasteiger charge is -2.39. The summed E-state index contributed by atoms with van der Waals surface area (Å²) >= 11 is 1.76. The fraction of sp³-hybridized carbons (Fsp3) is 0.885. The fourth-order valence-electron chi connectivity index (χ4n) is 7.00. The van der Waals surface area contributed by atoms with Crippen LogP contribution in [-0.2, 0) is 14.4 Å². The van der Waals surface area contributed by atoms with Crippen LogP contribution in [0.1, 0.15) is 84.5 Å². The molecule has 3 heterocycles. The number of likely N-dealkylation sites (tertiary alicyclic amines) is 1. The van der Waals surface area contributed by atoms with Crippen LogP contribution in [0.25, 0.3) is 0 Å². The minimum atomic E-state index is -0.514. The Kier molecular flexibility index (Phi) is 8.49. The smallest absolute Gasteiger partial charge is 0.244 e. The highest BCUT2D eigenvalue weighted by Crippen LogP contribution is 2.68. The number of carbonyl (C=O) groups excluding carboxylic acids is 3. The maximum absolute atomic E-state index is 13.9. The molecule has 34 heavy (non-hydrogen) atoms. The molecule has 2 bridgehead atoms. The highest BCUT2D eigenvalue weighted by atomic mass is 32.2. The molecular formula is C26H43N3O4S. The van der Waals surface area contributed by atoms with Crippen molar-refractivity contribution in [1.82, 2.24) is 15.5 Å². The Hall–Kier alpha value is -1.28. The molecule has 3 amide bonds. The van der Waals surface area contributed by atoms with Gasteiger partial charge in [-0.2, -0.15) is 0 Å². The minimum Gasteiger partial charge on any atom is -0.396 e. The van der Waals surface area contributed by atoms with Crippen molar-refractivity contribution in [2.75, 3.05) is 19.7 Å². The van der Waals surface area contributed by atoms with Crippen LogP contribution in [0.3, 0.4) is 0 Å². The molecule has 7 nitrogen and oxygen atoms in total. The lowest BCUT2D eigenvalue weighted by atomic mass is 9.65. The van der Waals surface area contributed by atoms with E-state index in [1.54, 1.807) is 11.8 Å². The summed E-state index contributed by atoms with van der Waals surface area (Å²) in [5.41, 5.74) is 0. The van der Waals surface area contributed by atoms with Gasteiger partial charge in [-0.25, -0.2) is 0 Å². The van der Waals surface area contributed by atoms with Gasteiger partial charge in [-0.15, -0.1) is 11.8 Å². The van der Waals surface area contributed by atoms with Crippen molar-refractivity contribution in [2.24, 2.45) is 17.8 Å². The van der Waals surface area contributed by atoms with Crippen molar-refractivity contribution in [1.29, 1.82) is 0 Å². The van der Waals surface area contributed by atoms with E-state index in [2.05, 4.69) is 17.6 Å². The third kappa shape index (κ3) is 4.61. The van der Waals surface area contributed by atoms with E-state index in [4.69, 9.17) is 5.11 Å². The van der Waals surface area contributed by atoms with E-state index in [-0.39, 0.29) is 47.5 Å². The van der Waals surface area contributed by atoms with Gasteiger partial charge in [-0.05, 0) is 44.4 Å². The second-order valence-electron chi connectivity index (χ2n) is 10.9. The second kappa shape index (κ2) is 11.2. The number of unbranched alkanes of at least 4 members (excludes halogenated alkanes) is 3. The number of nitrogens with zero attached hydrogens (tertiary/aromatic N) is 1. The predicted octanol–water partition coefficient (Wildman–Crippen LogP) is 2.85. The van der Waals surface area contributed by atoms with E-state index >= 15 is 0 Å². The molecule has 3 aliphatic heterocycles. The van der Waals surface area contributed by atoms with Gasteiger partial charge >= 0.3 is 0 Å². The Bertz CT molecular complexity index is 758. The maximum atomic E-state index is 13.9. The number of hydrogen-bond acceptors (Lipinski definition) is 5. The number of nitrogens with one attached hydrogen (secondary N) is 2. The van der Waals surface area contributed by atoms with Gasteiger partial charge in [0.15, 0.2) is 0 Å². The summed E-state index contributed by atoms with van der Waals surface area (Å²) in [7, 11) is 0. The molecule has 0 aromatic heterocycles. The van der Waals surface area contributed by atoms with Crippen molar-refractivity contribution < 1.29 is 19.5 Å². The van der Waals surface area contributed by atoms with E-state index in [1.807, 2.05) is 11.8 Å². The number of carbonyl (C=O) groups is 3. The maximum Gasteiger partial charge on any atom is 0.244 e. The molecule has 3 unspecified atom stereocenters. The molecule has 3 saturated heterocycles. The van der Waals surface area contributed by atoms with Gasteiger partial charge in [0.05, 0.1) is 16.6 Å². The average molecular weight is 494 g/mol. The summed E-state index contributed by atoms with van der Waals surface area (Å²) in [6.45, 7) is 5.57. The monoisotopic (exact) mass is 493 g/mol. The highest BCUT2D eigenvalue weighted by molar-refractivity contribution is 8.02. The van der Waals surface area contributed by atoms with Gasteiger partial charge < -0.3 is 20.6 Å². The molecular weight excluding hydrogens is 450 g/mol. The van der Waals surface area contributed by atoms with Crippen molar-refractivity contribution >= 4 is 29.5 Å². The number of fused-ring (bicyclic) bond motifs is 1. The molecule has 4 fully saturated rings. The quantitative estimate of drug-likeness (QED) is 0.385. The van der Waals surface area contributed by atoms with Gasteiger partial charge in [0.1, 0.15) is 6.04 Å². The predicted molar refractivity (Wildman–Crippen MR) is 134 cm³/mol. The summed E-state index contributed by atoms with van der Waals surface area (Å²) in [5, 5.41) is 15.6. The Balaban J connectivity index is 1.59. The van der Waals surface area contributed by atoms with Crippen LogP contribution in [0.2, 0.25) is 0 Å². The molecule has 1 saturated carbocycles. The van der Waals surface area contributed by atoms with Gasteiger partial charge in [0.25, 0.3) is 0 Å². The first-order chi connectivity index (χ1) is 16.5. The number of amides is 3. The summed E-state index contributed by atoms with van der Waals surface area (Å²) < 4.78 is -0.514. The number of aliphatic hydroxyl groups excluding tert-OH is 1. The first-order valence-electron chi connectivity index (χ1n) is 13.6. The minimum absolute atomic E-state index is 0.00384. The van der Waals surface area contributed by atoms with Crippen LogP contribution < -0.4 is 10.6 Å². The Labute approximate surface area is 208 Å². The molecule has 3 N–H and O–H groups in total. The van der Waals surface area contributed by atoms with E-state index < -0.39 is 16.7 Å². The highest BCUT2D eigenvalue weighted by Gasteiger charge is 2.75. The first kappa shape index (κ1) is 25.8. The topological polar surface area (TPSA) is 98.7 Å². The molecule has 8 heteroatoms. The molecule has 0 aromatic rings. The number of hydrogen-bond donors (Lipinski definition) is 3. The number of aliphatic hydroxyl groups is 1. The fourth-order valence-corrected chi connectivity index (χ4v) is 9.42. The Morgan fingerprint density at radius 1 is 1.12 bits per heavy atom. The lowest BCUT2D eigenvalue weighted by Crippen LogP contribution is -2.58. The molecule has 192 valence electrons. The van der Waals surface area contributed by atoms with Crippen LogP contribution in [0.15, 0.2) is 0 Å². The molecule has 1 aliphatic carbocycles.